The maximum absolute atomic E-state index is 12.3. The molecule has 114 valence electrons. The third-order valence-corrected chi connectivity index (χ3v) is 3.48. The van der Waals surface area contributed by atoms with Gasteiger partial charge in [-0.1, -0.05) is 0 Å². The number of Topliss-reactive ketones (excluding diaryl/α,β-unsaturated/α-hetero) is 3. The fourth-order valence-electron chi connectivity index (χ4n) is 1.98. The summed E-state index contributed by atoms with van der Waals surface area (Å²) >= 11 is 5.31. The van der Waals surface area contributed by atoms with Gasteiger partial charge in [0, 0.05) is 0 Å². The monoisotopic (exact) mass is 324 g/mol. The highest BCUT2D eigenvalue weighted by molar-refractivity contribution is 6.49. The molecule has 0 bridgehead atoms. The summed E-state index contributed by atoms with van der Waals surface area (Å²) < 4.78 is 73.7. The first kappa shape index (κ1) is 16.9. The van der Waals surface area contributed by atoms with Gasteiger partial charge in [0.15, 0.2) is 10.7 Å². The van der Waals surface area contributed by atoms with Crippen molar-refractivity contribution in [3.05, 3.63) is 0 Å². The highest BCUT2D eigenvalue weighted by Crippen LogP contribution is 2.41. The minimum atomic E-state index is -5.47. The number of halogens is 7. The lowest BCUT2D eigenvalue weighted by Gasteiger charge is -2.33. The Morgan fingerprint density at radius 3 is 2.00 bits per heavy atom. The summed E-state index contributed by atoms with van der Waals surface area (Å²) in [5, 5.41) is 0. The van der Waals surface area contributed by atoms with Gasteiger partial charge in [-0.3, -0.25) is 14.4 Å². The van der Waals surface area contributed by atoms with Crippen LogP contribution in [0.15, 0.2) is 0 Å². The second-order valence-corrected chi connectivity index (χ2v) is 4.94. The van der Waals surface area contributed by atoms with Gasteiger partial charge in [0.05, 0.1) is 5.92 Å². The van der Waals surface area contributed by atoms with E-state index in [1.807, 2.05) is 0 Å². The summed E-state index contributed by atoms with van der Waals surface area (Å²) in [6, 6.07) is 0. The average molecular weight is 325 g/mol. The summed E-state index contributed by atoms with van der Waals surface area (Å²) in [5.41, 5.74) is 0. The normalized spacial score (nSPS) is 28.4. The number of carbonyl (C=O) groups is 3. The van der Waals surface area contributed by atoms with Gasteiger partial charge in [-0.2, -0.15) is 26.3 Å². The Kier molecular flexibility index (Phi) is 4.24. The van der Waals surface area contributed by atoms with Crippen LogP contribution >= 0.6 is 11.6 Å². The van der Waals surface area contributed by atoms with Gasteiger partial charge in [0.2, 0.25) is 5.78 Å². The number of hydrogen-bond donors (Lipinski definition) is 0. The highest BCUT2D eigenvalue weighted by atomic mass is 35.5. The van der Waals surface area contributed by atoms with Crippen LogP contribution in [-0.4, -0.2) is 34.6 Å². The van der Waals surface area contributed by atoms with Crippen LogP contribution in [0.2, 0.25) is 0 Å². The van der Waals surface area contributed by atoms with Crippen LogP contribution in [0, 0.1) is 5.92 Å². The molecular weight excluding hydrogens is 318 g/mol. The van der Waals surface area contributed by atoms with Crippen LogP contribution < -0.4 is 0 Å². The van der Waals surface area contributed by atoms with E-state index in [2.05, 4.69) is 0 Å². The number of hydrogen-bond acceptors (Lipinski definition) is 3. The predicted molar refractivity (Wildman–Crippen MR) is 53.1 cm³/mol. The Balaban J connectivity index is 3.12. The Hall–Kier alpha value is -1.12. The second-order valence-electron chi connectivity index (χ2n) is 4.30. The Morgan fingerprint density at radius 1 is 1.10 bits per heavy atom. The summed E-state index contributed by atoms with van der Waals surface area (Å²) in [7, 11) is 0. The van der Waals surface area contributed by atoms with Crippen LogP contribution in [0.5, 0.6) is 0 Å². The minimum absolute atomic E-state index is 0.371. The smallest absolute Gasteiger partial charge is 0.296 e. The van der Waals surface area contributed by atoms with E-state index in [1.165, 1.54) is 0 Å². The van der Waals surface area contributed by atoms with Crippen molar-refractivity contribution in [2.24, 2.45) is 5.92 Å². The number of carbonyl (C=O) groups excluding carboxylic acids is 3. The Morgan fingerprint density at radius 2 is 1.60 bits per heavy atom. The Labute approximate surface area is 113 Å². The van der Waals surface area contributed by atoms with E-state index in [0.29, 0.717) is 0 Å². The van der Waals surface area contributed by atoms with E-state index in [-0.39, 0.29) is 6.42 Å². The van der Waals surface area contributed by atoms with Crippen LogP contribution in [0.3, 0.4) is 0 Å². The van der Waals surface area contributed by atoms with E-state index >= 15 is 0 Å². The molecule has 0 aliphatic heterocycles. The van der Waals surface area contributed by atoms with Crippen LogP contribution in [0.1, 0.15) is 19.3 Å². The third-order valence-electron chi connectivity index (χ3n) is 2.93. The molecule has 0 aromatic carbocycles. The quantitative estimate of drug-likeness (QED) is 0.446. The molecule has 0 spiro atoms. The van der Waals surface area contributed by atoms with Gasteiger partial charge in [0.25, 0.3) is 5.78 Å². The van der Waals surface area contributed by atoms with Gasteiger partial charge in [-0.25, -0.2) is 0 Å². The molecule has 1 rings (SSSR count). The first-order chi connectivity index (χ1) is 8.82. The van der Waals surface area contributed by atoms with Gasteiger partial charge >= 0.3 is 12.4 Å². The fourth-order valence-corrected chi connectivity index (χ4v) is 2.35. The van der Waals surface area contributed by atoms with Crippen LogP contribution in [-0.2, 0) is 14.4 Å². The van der Waals surface area contributed by atoms with Crippen LogP contribution in [0.4, 0.5) is 26.3 Å². The summed E-state index contributed by atoms with van der Waals surface area (Å²) in [4.78, 5) is 30.6. The van der Waals surface area contributed by atoms with Crippen molar-refractivity contribution in [2.75, 3.05) is 0 Å². The molecule has 0 heterocycles. The van der Waals surface area contributed by atoms with Crippen molar-refractivity contribution in [1.29, 1.82) is 0 Å². The molecule has 20 heavy (non-hydrogen) atoms. The summed E-state index contributed by atoms with van der Waals surface area (Å²) in [5.74, 6) is -9.33. The molecule has 2 unspecified atom stereocenters. The maximum atomic E-state index is 12.3. The molecule has 1 aliphatic carbocycles. The maximum Gasteiger partial charge on any atom is 0.452 e. The third kappa shape index (κ3) is 2.97. The average Bonchev–Trinajstić information content (AvgIpc) is 2.28. The highest BCUT2D eigenvalue weighted by Gasteiger charge is 2.61. The standard InChI is InChI=1S/C10H7ClF6O3/c11-8(7(20)10(15,16)17)3-1-2-4(5(8)18)6(19)9(12,13)14/h4H,1-3H2. The first-order valence-electron chi connectivity index (χ1n) is 5.27. The first-order valence-corrected chi connectivity index (χ1v) is 5.65. The van der Waals surface area contributed by atoms with Crippen molar-refractivity contribution >= 4 is 29.0 Å². The summed E-state index contributed by atoms with van der Waals surface area (Å²) in [6.07, 6.45) is -12.6. The van der Waals surface area contributed by atoms with Gasteiger partial charge < -0.3 is 0 Å². The second kappa shape index (κ2) is 5.01. The zero-order valence-corrected chi connectivity index (χ0v) is 10.3. The van der Waals surface area contributed by atoms with Crippen molar-refractivity contribution in [2.45, 2.75) is 36.5 Å². The van der Waals surface area contributed by atoms with E-state index in [4.69, 9.17) is 11.6 Å². The van der Waals surface area contributed by atoms with Crippen molar-refractivity contribution in [3.8, 4) is 0 Å². The zero-order chi connectivity index (χ0) is 15.9. The molecule has 0 radical (unpaired) electrons. The van der Waals surface area contributed by atoms with E-state index in [1.54, 1.807) is 0 Å². The van der Waals surface area contributed by atoms with Gasteiger partial charge in [-0.05, 0) is 19.3 Å². The molecule has 0 N–H and O–H groups in total. The molecule has 10 heteroatoms. The van der Waals surface area contributed by atoms with Crippen molar-refractivity contribution in [1.82, 2.24) is 0 Å². The largest absolute Gasteiger partial charge is 0.452 e. The van der Waals surface area contributed by atoms with Gasteiger partial charge in [-0.15, -0.1) is 11.6 Å². The SMILES string of the molecule is O=C(C1CCCC(Cl)(C(=O)C(F)(F)F)C1=O)C(F)(F)F. The van der Waals surface area contributed by atoms with Crippen molar-refractivity contribution in [3.63, 3.8) is 0 Å². The number of rotatable bonds is 2. The molecule has 0 aromatic heterocycles. The van der Waals surface area contributed by atoms with Gasteiger partial charge in [0.1, 0.15) is 0 Å². The predicted octanol–water partition coefficient (Wildman–Crippen LogP) is 2.60. The number of ketones is 3. The fraction of sp³-hybridized carbons (Fsp3) is 0.700. The Bertz CT molecular complexity index is 455. The molecule has 1 saturated carbocycles. The minimum Gasteiger partial charge on any atom is -0.296 e. The zero-order valence-electron chi connectivity index (χ0n) is 9.57. The molecule has 2 atom stereocenters. The van der Waals surface area contributed by atoms with Crippen LogP contribution in [0.25, 0.3) is 0 Å². The van der Waals surface area contributed by atoms with E-state index in [0.717, 1.165) is 0 Å². The molecule has 0 aromatic rings. The van der Waals surface area contributed by atoms with E-state index in [9.17, 15) is 40.7 Å². The molecule has 0 amide bonds. The molecule has 1 aliphatic rings. The van der Waals surface area contributed by atoms with E-state index < -0.39 is 53.3 Å². The lowest BCUT2D eigenvalue weighted by atomic mass is 9.75. The number of alkyl halides is 7. The van der Waals surface area contributed by atoms with Crippen molar-refractivity contribution < 1.29 is 40.7 Å². The summed E-state index contributed by atoms with van der Waals surface area (Å²) in [6.45, 7) is 0. The topological polar surface area (TPSA) is 51.2 Å². The molecular formula is C10H7ClF6O3. The lowest BCUT2D eigenvalue weighted by molar-refractivity contribution is -0.182. The molecule has 3 nitrogen and oxygen atoms in total. The molecule has 0 saturated heterocycles. The lowest BCUT2D eigenvalue weighted by Crippen LogP contribution is -2.55. The molecule has 1 fully saturated rings.